The van der Waals surface area contributed by atoms with Gasteiger partial charge in [-0.15, -0.1) is 0 Å². The number of nitrogen functional groups attached to an aromatic ring is 1. The van der Waals surface area contributed by atoms with E-state index in [0.29, 0.717) is 5.92 Å². The van der Waals surface area contributed by atoms with Gasteiger partial charge in [-0.25, -0.2) is 0 Å². The number of hydrogen-bond donors (Lipinski definition) is 2. The third-order valence-electron chi connectivity index (χ3n) is 3.09. The lowest BCUT2D eigenvalue weighted by Crippen LogP contribution is -2.24. The SMILES string of the molecule is Cc1cc(N)ccc1NCC1CCCOC1. The van der Waals surface area contributed by atoms with Crippen LogP contribution in [-0.4, -0.2) is 19.8 Å². The maximum absolute atomic E-state index is 5.72. The molecule has 0 radical (unpaired) electrons. The Morgan fingerprint density at radius 2 is 2.38 bits per heavy atom. The Kier molecular flexibility index (Phi) is 3.67. The van der Waals surface area contributed by atoms with E-state index in [1.54, 1.807) is 0 Å². The fraction of sp³-hybridized carbons (Fsp3) is 0.538. The minimum absolute atomic E-state index is 0.644. The molecule has 1 aromatic rings. The second-order valence-electron chi connectivity index (χ2n) is 4.54. The Hall–Kier alpha value is -1.22. The lowest BCUT2D eigenvalue weighted by molar-refractivity contribution is 0.0595. The van der Waals surface area contributed by atoms with Crippen molar-refractivity contribution in [2.45, 2.75) is 19.8 Å². The van der Waals surface area contributed by atoms with Gasteiger partial charge in [-0.05, 0) is 49.4 Å². The molecule has 1 aliphatic rings. The summed E-state index contributed by atoms with van der Waals surface area (Å²) in [5, 5.41) is 3.47. The van der Waals surface area contributed by atoms with Crippen LogP contribution in [0.1, 0.15) is 18.4 Å². The topological polar surface area (TPSA) is 47.3 Å². The van der Waals surface area contributed by atoms with Crippen molar-refractivity contribution in [3.63, 3.8) is 0 Å². The predicted molar refractivity (Wildman–Crippen MR) is 67.6 cm³/mol. The summed E-state index contributed by atoms with van der Waals surface area (Å²) in [7, 11) is 0. The highest BCUT2D eigenvalue weighted by Crippen LogP contribution is 2.19. The van der Waals surface area contributed by atoms with E-state index in [9.17, 15) is 0 Å². The first-order valence-electron chi connectivity index (χ1n) is 5.93. The van der Waals surface area contributed by atoms with Crippen LogP contribution in [0.2, 0.25) is 0 Å². The van der Waals surface area contributed by atoms with Crippen LogP contribution in [0.5, 0.6) is 0 Å². The molecule has 0 saturated carbocycles. The quantitative estimate of drug-likeness (QED) is 0.769. The summed E-state index contributed by atoms with van der Waals surface area (Å²) in [4.78, 5) is 0. The van der Waals surface area contributed by atoms with Crippen molar-refractivity contribution in [3.05, 3.63) is 23.8 Å². The molecule has 1 heterocycles. The van der Waals surface area contributed by atoms with Gasteiger partial charge in [0.05, 0.1) is 6.61 Å². The molecule has 3 heteroatoms. The normalized spacial score (nSPS) is 20.7. The van der Waals surface area contributed by atoms with Gasteiger partial charge in [0.2, 0.25) is 0 Å². The molecule has 3 N–H and O–H groups in total. The largest absolute Gasteiger partial charge is 0.399 e. The zero-order valence-corrected chi connectivity index (χ0v) is 9.83. The van der Waals surface area contributed by atoms with Gasteiger partial charge in [0, 0.05) is 24.5 Å². The summed E-state index contributed by atoms with van der Waals surface area (Å²) in [5.41, 5.74) is 8.93. The number of ether oxygens (including phenoxy) is 1. The van der Waals surface area contributed by atoms with E-state index in [1.165, 1.54) is 24.1 Å². The lowest BCUT2D eigenvalue weighted by Gasteiger charge is -2.23. The number of nitrogens with one attached hydrogen (secondary N) is 1. The molecule has 0 amide bonds. The molecule has 2 rings (SSSR count). The molecular formula is C13H20N2O. The monoisotopic (exact) mass is 220 g/mol. The standard InChI is InChI=1S/C13H20N2O/c1-10-7-12(14)4-5-13(10)15-8-11-3-2-6-16-9-11/h4-5,7,11,15H,2-3,6,8-9,14H2,1H3. The van der Waals surface area contributed by atoms with Crippen LogP contribution in [0, 0.1) is 12.8 Å². The Morgan fingerprint density at radius 3 is 3.06 bits per heavy atom. The molecule has 1 saturated heterocycles. The van der Waals surface area contributed by atoms with Crippen molar-refractivity contribution in [1.29, 1.82) is 0 Å². The van der Waals surface area contributed by atoms with Crippen LogP contribution in [0.15, 0.2) is 18.2 Å². The molecule has 0 aliphatic carbocycles. The number of rotatable bonds is 3. The van der Waals surface area contributed by atoms with Crippen LogP contribution in [0.4, 0.5) is 11.4 Å². The zero-order valence-electron chi connectivity index (χ0n) is 9.83. The predicted octanol–water partition coefficient (Wildman–Crippen LogP) is 2.42. The molecule has 0 bridgehead atoms. The number of benzene rings is 1. The van der Waals surface area contributed by atoms with E-state index >= 15 is 0 Å². The summed E-state index contributed by atoms with van der Waals surface area (Å²) < 4.78 is 5.46. The molecule has 16 heavy (non-hydrogen) atoms. The number of hydrogen-bond acceptors (Lipinski definition) is 3. The number of anilines is 2. The van der Waals surface area contributed by atoms with Gasteiger partial charge < -0.3 is 15.8 Å². The van der Waals surface area contributed by atoms with Crippen molar-refractivity contribution in [2.75, 3.05) is 30.8 Å². The van der Waals surface area contributed by atoms with Gasteiger partial charge in [0.25, 0.3) is 0 Å². The summed E-state index contributed by atoms with van der Waals surface area (Å²) in [6.07, 6.45) is 2.45. The number of nitrogens with two attached hydrogens (primary N) is 1. The first kappa shape index (κ1) is 11.3. The summed E-state index contributed by atoms with van der Waals surface area (Å²) >= 11 is 0. The second kappa shape index (κ2) is 5.21. The molecule has 0 spiro atoms. The van der Waals surface area contributed by atoms with Crippen molar-refractivity contribution in [3.8, 4) is 0 Å². The first-order chi connectivity index (χ1) is 7.75. The minimum atomic E-state index is 0.644. The Balaban J connectivity index is 1.88. The van der Waals surface area contributed by atoms with Gasteiger partial charge in [-0.1, -0.05) is 0 Å². The Morgan fingerprint density at radius 1 is 1.50 bits per heavy atom. The van der Waals surface area contributed by atoms with E-state index in [-0.39, 0.29) is 0 Å². The average Bonchev–Trinajstić information content (AvgIpc) is 2.29. The smallest absolute Gasteiger partial charge is 0.0511 e. The third kappa shape index (κ3) is 2.89. The zero-order chi connectivity index (χ0) is 11.4. The second-order valence-corrected chi connectivity index (χ2v) is 4.54. The molecule has 1 aliphatic heterocycles. The van der Waals surface area contributed by atoms with E-state index in [1.807, 2.05) is 18.2 Å². The Labute approximate surface area is 97.0 Å². The molecule has 1 atom stereocenters. The van der Waals surface area contributed by atoms with Crippen LogP contribution in [0.3, 0.4) is 0 Å². The van der Waals surface area contributed by atoms with Gasteiger partial charge in [-0.2, -0.15) is 0 Å². The van der Waals surface area contributed by atoms with Gasteiger partial charge in [0.15, 0.2) is 0 Å². The highest BCUT2D eigenvalue weighted by atomic mass is 16.5. The summed E-state index contributed by atoms with van der Waals surface area (Å²) in [6, 6.07) is 5.99. The first-order valence-corrected chi connectivity index (χ1v) is 5.93. The van der Waals surface area contributed by atoms with Crippen LogP contribution in [0.25, 0.3) is 0 Å². The van der Waals surface area contributed by atoms with Crippen molar-refractivity contribution >= 4 is 11.4 Å². The average molecular weight is 220 g/mol. The number of aryl methyl sites for hydroxylation is 1. The van der Waals surface area contributed by atoms with E-state index in [4.69, 9.17) is 10.5 Å². The third-order valence-corrected chi connectivity index (χ3v) is 3.09. The van der Waals surface area contributed by atoms with Crippen LogP contribution >= 0.6 is 0 Å². The maximum atomic E-state index is 5.72. The summed E-state index contributed by atoms with van der Waals surface area (Å²) in [6.45, 7) is 4.89. The molecule has 1 aromatic carbocycles. The highest BCUT2D eigenvalue weighted by Gasteiger charge is 2.13. The fourth-order valence-corrected chi connectivity index (χ4v) is 2.11. The van der Waals surface area contributed by atoms with Crippen molar-refractivity contribution in [2.24, 2.45) is 5.92 Å². The lowest BCUT2D eigenvalue weighted by atomic mass is 10.0. The molecule has 3 nitrogen and oxygen atoms in total. The fourth-order valence-electron chi connectivity index (χ4n) is 2.11. The van der Waals surface area contributed by atoms with Crippen LogP contribution < -0.4 is 11.1 Å². The Bertz CT molecular complexity index is 346. The summed E-state index contributed by atoms with van der Waals surface area (Å²) in [5.74, 6) is 0.644. The van der Waals surface area contributed by atoms with Crippen LogP contribution in [-0.2, 0) is 4.74 Å². The minimum Gasteiger partial charge on any atom is -0.399 e. The maximum Gasteiger partial charge on any atom is 0.0511 e. The van der Waals surface area contributed by atoms with Gasteiger partial charge >= 0.3 is 0 Å². The van der Waals surface area contributed by atoms with Gasteiger partial charge in [-0.3, -0.25) is 0 Å². The van der Waals surface area contributed by atoms with E-state index in [2.05, 4.69) is 12.2 Å². The molecule has 0 aromatic heterocycles. The molecule has 1 fully saturated rings. The molecule has 1 unspecified atom stereocenters. The van der Waals surface area contributed by atoms with Crippen molar-refractivity contribution < 1.29 is 4.74 Å². The molecular weight excluding hydrogens is 200 g/mol. The van der Waals surface area contributed by atoms with E-state index in [0.717, 1.165) is 25.4 Å². The van der Waals surface area contributed by atoms with Crippen molar-refractivity contribution in [1.82, 2.24) is 0 Å². The molecule has 88 valence electrons. The highest BCUT2D eigenvalue weighted by molar-refractivity contribution is 5.57. The van der Waals surface area contributed by atoms with Gasteiger partial charge in [0.1, 0.15) is 0 Å². The van der Waals surface area contributed by atoms with E-state index < -0.39 is 0 Å².